The molecule has 0 aromatic heterocycles. The van der Waals surface area contributed by atoms with Gasteiger partial charge in [0.2, 0.25) is 0 Å². The number of hydrogen-bond acceptors (Lipinski definition) is 1. The number of nitrogens with two attached hydrogens (primary N) is 1. The predicted molar refractivity (Wildman–Crippen MR) is 78.6 cm³/mol. The minimum atomic E-state index is -0.0591. The van der Waals surface area contributed by atoms with Crippen LogP contribution in [-0.2, 0) is 12.0 Å². The third-order valence-corrected chi connectivity index (χ3v) is 4.64. The highest BCUT2D eigenvalue weighted by atomic mass is 14.7. The van der Waals surface area contributed by atoms with E-state index < -0.39 is 0 Å². The van der Waals surface area contributed by atoms with Crippen LogP contribution in [0, 0.1) is 5.92 Å². The summed E-state index contributed by atoms with van der Waals surface area (Å²) >= 11 is 0. The second kappa shape index (κ2) is 5.88. The van der Waals surface area contributed by atoms with E-state index in [0.717, 1.165) is 18.8 Å². The first kappa shape index (κ1) is 13.6. The Balaban J connectivity index is 2.06. The van der Waals surface area contributed by atoms with Crippen molar-refractivity contribution < 1.29 is 0 Å². The van der Waals surface area contributed by atoms with Gasteiger partial charge in [0.25, 0.3) is 0 Å². The van der Waals surface area contributed by atoms with Crippen molar-refractivity contribution in [3.05, 3.63) is 35.4 Å². The Hall–Kier alpha value is -0.820. The summed E-state index contributed by atoms with van der Waals surface area (Å²) in [4.78, 5) is 0. The van der Waals surface area contributed by atoms with Crippen molar-refractivity contribution in [2.75, 3.05) is 0 Å². The van der Waals surface area contributed by atoms with Crippen molar-refractivity contribution in [2.24, 2.45) is 11.7 Å². The second-order valence-electron chi connectivity index (χ2n) is 5.95. The van der Waals surface area contributed by atoms with E-state index in [0.29, 0.717) is 0 Å². The van der Waals surface area contributed by atoms with Gasteiger partial charge >= 0.3 is 0 Å². The first-order valence-corrected chi connectivity index (χ1v) is 7.56. The molecule has 0 spiro atoms. The van der Waals surface area contributed by atoms with Crippen molar-refractivity contribution in [3.63, 3.8) is 0 Å². The molecule has 1 aromatic rings. The molecule has 0 atom stereocenters. The molecular formula is C17H27N. The van der Waals surface area contributed by atoms with Crippen molar-refractivity contribution >= 4 is 0 Å². The molecule has 2 rings (SSSR count). The van der Waals surface area contributed by atoms with Crippen LogP contribution in [0.3, 0.4) is 0 Å². The second-order valence-corrected chi connectivity index (χ2v) is 5.95. The lowest BCUT2D eigenvalue weighted by Gasteiger charge is -2.37. The zero-order chi connectivity index (χ0) is 13.0. The summed E-state index contributed by atoms with van der Waals surface area (Å²) in [5, 5.41) is 0. The average Bonchev–Trinajstić information content (AvgIpc) is 2.41. The maximum atomic E-state index is 6.62. The Morgan fingerprint density at radius 2 is 1.72 bits per heavy atom. The Labute approximate surface area is 112 Å². The minimum absolute atomic E-state index is 0.0591. The fourth-order valence-corrected chi connectivity index (χ4v) is 3.18. The highest BCUT2D eigenvalue weighted by Crippen LogP contribution is 2.38. The van der Waals surface area contributed by atoms with E-state index in [4.69, 9.17) is 5.73 Å². The van der Waals surface area contributed by atoms with E-state index >= 15 is 0 Å². The van der Waals surface area contributed by atoms with Gasteiger partial charge in [-0.1, -0.05) is 51.0 Å². The minimum Gasteiger partial charge on any atom is -0.321 e. The molecule has 0 saturated heterocycles. The lowest BCUT2D eigenvalue weighted by atomic mass is 9.72. The molecule has 0 unspecified atom stereocenters. The van der Waals surface area contributed by atoms with Crippen LogP contribution in [0.4, 0.5) is 0 Å². The summed E-state index contributed by atoms with van der Waals surface area (Å²) in [6, 6.07) is 9.05. The molecule has 0 heterocycles. The molecule has 100 valence electrons. The van der Waals surface area contributed by atoms with Crippen LogP contribution < -0.4 is 5.73 Å². The zero-order valence-electron chi connectivity index (χ0n) is 11.9. The van der Waals surface area contributed by atoms with Gasteiger partial charge in [0.1, 0.15) is 0 Å². The molecule has 1 fully saturated rings. The summed E-state index contributed by atoms with van der Waals surface area (Å²) in [6.45, 7) is 4.53. The largest absolute Gasteiger partial charge is 0.321 e. The average molecular weight is 245 g/mol. The van der Waals surface area contributed by atoms with Crippen LogP contribution in [-0.4, -0.2) is 0 Å². The Bertz CT molecular complexity index is 358. The molecule has 0 aliphatic heterocycles. The van der Waals surface area contributed by atoms with Crippen LogP contribution in [0.1, 0.15) is 63.5 Å². The van der Waals surface area contributed by atoms with Gasteiger partial charge in [-0.3, -0.25) is 0 Å². The van der Waals surface area contributed by atoms with Gasteiger partial charge in [0.15, 0.2) is 0 Å². The summed E-state index contributed by atoms with van der Waals surface area (Å²) in [6.07, 6.45) is 8.59. The third-order valence-electron chi connectivity index (χ3n) is 4.64. The fraction of sp³-hybridized carbons (Fsp3) is 0.647. The van der Waals surface area contributed by atoms with Crippen LogP contribution in [0.25, 0.3) is 0 Å². The molecule has 1 heteroatoms. The molecule has 1 aliphatic carbocycles. The first-order chi connectivity index (χ1) is 8.68. The topological polar surface area (TPSA) is 26.0 Å². The van der Waals surface area contributed by atoms with E-state index in [1.54, 1.807) is 0 Å². The third kappa shape index (κ3) is 2.95. The zero-order valence-corrected chi connectivity index (χ0v) is 11.9. The molecule has 1 nitrogen and oxygen atoms in total. The maximum absolute atomic E-state index is 6.62. The fourth-order valence-electron chi connectivity index (χ4n) is 3.18. The van der Waals surface area contributed by atoms with Crippen LogP contribution in [0.15, 0.2) is 24.3 Å². The Morgan fingerprint density at radius 1 is 1.11 bits per heavy atom. The summed E-state index contributed by atoms with van der Waals surface area (Å²) in [7, 11) is 0. The lowest BCUT2D eigenvalue weighted by molar-refractivity contribution is 0.231. The lowest BCUT2D eigenvalue weighted by Crippen LogP contribution is -2.40. The van der Waals surface area contributed by atoms with E-state index in [1.165, 1.54) is 43.2 Å². The number of aryl methyl sites for hydroxylation is 1. The Morgan fingerprint density at radius 3 is 2.22 bits per heavy atom. The van der Waals surface area contributed by atoms with Gasteiger partial charge in [-0.05, 0) is 49.1 Å². The van der Waals surface area contributed by atoms with Gasteiger partial charge in [0, 0.05) is 5.54 Å². The molecule has 1 aliphatic rings. The van der Waals surface area contributed by atoms with Crippen molar-refractivity contribution in [2.45, 2.75) is 64.3 Å². The van der Waals surface area contributed by atoms with Gasteiger partial charge < -0.3 is 5.73 Å². The highest BCUT2D eigenvalue weighted by molar-refractivity contribution is 5.29. The molecule has 1 saturated carbocycles. The molecule has 2 N–H and O–H groups in total. The van der Waals surface area contributed by atoms with Gasteiger partial charge in [-0.25, -0.2) is 0 Å². The van der Waals surface area contributed by atoms with Gasteiger partial charge in [-0.15, -0.1) is 0 Å². The molecule has 0 amide bonds. The van der Waals surface area contributed by atoms with Crippen LogP contribution in [0.2, 0.25) is 0 Å². The number of benzene rings is 1. The van der Waals surface area contributed by atoms with Gasteiger partial charge in [-0.2, -0.15) is 0 Å². The SMILES string of the molecule is CCCc1ccc(C2(N)CCC(CC)CC2)cc1. The normalized spacial score (nSPS) is 28.3. The monoisotopic (exact) mass is 245 g/mol. The van der Waals surface area contributed by atoms with Crippen LogP contribution in [0.5, 0.6) is 0 Å². The summed E-state index contributed by atoms with van der Waals surface area (Å²) in [5.74, 6) is 0.904. The van der Waals surface area contributed by atoms with Crippen LogP contribution >= 0.6 is 0 Å². The van der Waals surface area contributed by atoms with Crippen molar-refractivity contribution in [1.29, 1.82) is 0 Å². The van der Waals surface area contributed by atoms with Gasteiger partial charge in [0.05, 0.1) is 0 Å². The van der Waals surface area contributed by atoms with E-state index in [9.17, 15) is 0 Å². The smallest absolute Gasteiger partial charge is 0.0409 e. The summed E-state index contributed by atoms with van der Waals surface area (Å²) < 4.78 is 0. The van der Waals surface area contributed by atoms with Crippen molar-refractivity contribution in [1.82, 2.24) is 0 Å². The Kier molecular flexibility index (Phi) is 4.45. The predicted octanol–water partition coefficient (Wildman–Crippen LogP) is 4.39. The molecule has 18 heavy (non-hydrogen) atoms. The number of rotatable bonds is 4. The summed E-state index contributed by atoms with van der Waals surface area (Å²) in [5.41, 5.74) is 9.34. The molecular weight excluding hydrogens is 218 g/mol. The number of hydrogen-bond donors (Lipinski definition) is 1. The quantitative estimate of drug-likeness (QED) is 0.836. The maximum Gasteiger partial charge on any atom is 0.0409 e. The molecule has 0 bridgehead atoms. The molecule has 0 radical (unpaired) electrons. The van der Waals surface area contributed by atoms with E-state index in [-0.39, 0.29) is 5.54 Å². The van der Waals surface area contributed by atoms with Crippen molar-refractivity contribution in [3.8, 4) is 0 Å². The molecule has 1 aromatic carbocycles. The standard InChI is InChI=1S/C17H27N/c1-3-5-15-6-8-16(9-7-15)17(18)12-10-14(4-2)11-13-17/h6-9,14H,3-5,10-13,18H2,1-2H3. The first-order valence-electron chi connectivity index (χ1n) is 7.56. The highest BCUT2D eigenvalue weighted by Gasteiger charge is 2.32. The van der Waals surface area contributed by atoms with E-state index in [1.807, 2.05) is 0 Å². The van der Waals surface area contributed by atoms with E-state index in [2.05, 4.69) is 38.1 Å².